The molecule has 0 saturated heterocycles. The van der Waals surface area contributed by atoms with E-state index in [1.807, 2.05) is 54.6 Å². The first kappa shape index (κ1) is 16.5. The molecule has 0 radical (unpaired) electrons. The van der Waals surface area contributed by atoms with Gasteiger partial charge in [-0.25, -0.2) is 5.43 Å². The number of phenolic OH excluding ortho intramolecular Hbond substituents is 1. The molecular weight excluding hydrogens is 314 g/mol. The van der Waals surface area contributed by atoms with Crippen LogP contribution < -0.4 is 10.9 Å². The van der Waals surface area contributed by atoms with Crippen molar-refractivity contribution in [1.82, 2.24) is 10.9 Å². The number of nitrogens with zero attached hydrogens (tertiary/aromatic N) is 1. The van der Waals surface area contributed by atoms with Gasteiger partial charge in [0.1, 0.15) is 11.8 Å². The third-order valence-corrected chi connectivity index (χ3v) is 3.93. The Balaban J connectivity index is 1.77. The number of carbonyl (C=O) groups excluding carboxylic acids is 1. The lowest BCUT2D eigenvalue weighted by Crippen LogP contribution is -2.40. The fourth-order valence-electron chi connectivity index (χ4n) is 2.73. The van der Waals surface area contributed by atoms with E-state index < -0.39 is 6.04 Å². The first-order valence-electron chi connectivity index (χ1n) is 7.87. The topological polar surface area (TPSA) is 85.2 Å². The number of hydrogen-bond acceptors (Lipinski definition) is 4. The van der Waals surface area contributed by atoms with Gasteiger partial charge in [0.15, 0.2) is 0 Å². The smallest absolute Gasteiger partial charge is 0.238 e. The quantitative estimate of drug-likeness (QED) is 0.628. The number of rotatable bonds is 5. The molecule has 124 valence electrons. The summed E-state index contributed by atoms with van der Waals surface area (Å²) in [5.74, 6) is -0.249. The minimum atomic E-state index is -0.870. The Labute approximate surface area is 145 Å². The van der Waals surface area contributed by atoms with E-state index in [4.69, 9.17) is 0 Å². The molecular formula is C20H17N3O2. The first-order valence-corrected chi connectivity index (χ1v) is 7.87. The summed E-state index contributed by atoms with van der Waals surface area (Å²) in [4.78, 5) is 12.1. The third kappa shape index (κ3) is 3.77. The maximum atomic E-state index is 12.1. The van der Waals surface area contributed by atoms with Crippen molar-refractivity contribution in [2.75, 3.05) is 0 Å². The van der Waals surface area contributed by atoms with Crippen LogP contribution in [0.4, 0.5) is 0 Å². The van der Waals surface area contributed by atoms with E-state index in [1.54, 1.807) is 12.1 Å². The van der Waals surface area contributed by atoms with Gasteiger partial charge in [0, 0.05) is 5.56 Å². The molecule has 3 rings (SSSR count). The summed E-state index contributed by atoms with van der Waals surface area (Å²) in [5.41, 5.74) is 6.59. The number of amides is 1. The van der Waals surface area contributed by atoms with Crippen molar-refractivity contribution >= 4 is 16.7 Å². The third-order valence-electron chi connectivity index (χ3n) is 3.93. The van der Waals surface area contributed by atoms with Gasteiger partial charge in [-0.2, -0.15) is 5.26 Å². The Hall–Kier alpha value is -3.36. The molecule has 3 aromatic carbocycles. The van der Waals surface area contributed by atoms with Crippen LogP contribution in [0.1, 0.15) is 17.2 Å². The Morgan fingerprint density at radius 3 is 2.52 bits per heavy atom. The SMILES string of the molecule is N#C[C@H](NNC(=O)Cc1ccccc1)c1c(O)ccc2ccccc12. The molecule has 3 aromatic rings. The Kier molecular flexibility index (Phi) is 4.93. The predicted molar refractivity (Wildman–Crippen MR) is 95.4 cm³/mol. The maximum Gasteiger partial charge on any atom is 0.238 e. The lowest BCUT2D eigenvalue weighted by molar-refractivity contribution is -0.121. The van der Waals surface area contributed by atoms with Crippen LogP contribution >= 0.6 is 0 Å². The molecule has 5 heteroatoms. The van der Waals surface area contributed by atoms with Crippen molar-refractivity contribution in [2.24, 2.45) is 0 Å². The van der Waals surface area contributed by atoms with Gasteiger partial charge < -0.3 is 5.11 Å². The molecule has 0 aromatic heterocycles. The van der Waals surface area contributed by atoms with Crippen LogP contribution in [0.5, 0.6) is 5.75 Å². The number of nitrogens with one attached hydrogen (secondary N) is 2. The summed E-state index contributed by atoms with van der Waals surface area (Å²) in [6.07, 6.45) is 0.202. The summed E-state index contributed by atoms with van der Waals surface area (Å²) in [6, 6.07) is 21.4. The summed E-state index contributed by atoms with van der Waals surface area (Å²) in [7, 11) is 0. The zero-order valence-corrected chi connectivity index (χ0v) is 13.4. The minimum absolute atomic E-state index is 0.00931. The van der Waals surface area contributed by atoms with Crippen molar-refractivity contribution in [3.63, 3.8) is 0 Å². The second kappa shape index (κ2) is 7.47. The Bertz CT molecular complexity index is 933. The standard InChI is InChI=1S/C20H17N3O2/c21-13-17(22-23-19(25)12-14-6-2-1-3-7-14)20-16-9-5-4-8-15(16)10-11-18(20)24/h1-11,17,22,24H,12H2,(H,23,25)/t17-/m0/s1. The molecule has 0 aliphatic heterocycles. The number of carbonyl (C=O) groups is 1. The van der Waals surface area contributed by atoms with Crippen LogP contribution in [-0.2, 0) is 11.2 Å². The fourth-order valence-corrected chi connectivity index (χ4v) is 2.73. The molecule has 0 aliphatic carbocycles. The van der Waals surface area contributed by atoms with E-state index in [1.165, 1.54) is 0 Å². The van der Waals surface area contributed by atoms with Crippen LogP contribution in [0.3, 0.4) is 0 Å². The van der Waals surface area contributed by atoms with Crippen molar-refractivity contribution in [1.29, 1.82) is 5.26 Å². The minimum Gasteiger partial charge on any atom is -0.508 e. The van der Waals surface area contributed by atoms with Gasteiger partial charge in [0.2, 0.25) is 5.91 Å². The highest BCUT2D eigenvalue weighted by atomic mass is 16.3. The molecule has 1 amide bonds. The van der Waals surface area contributed by atoms with E-state index in [2.05, 4.69) is 16.9 Å². The molecule has 1 atom stereocenters. The Morgan fingerprint density at radius 2 is 1.76 bits per heavy atom. The van der Waals surface area contributed by atoms with Gasteiger partial charge in [-0.3, -0.25) is 10.2 Å². The van der Waals surface area contributed by atoms with E-state index >= 15 is 0 Å². The van der Waals surface area contributed by atoms with Gasteiger partial charge in [-0.15, -0.1) is 0 Å². The van der Waals surface area contributed by atoms with Crippen molar-refractivity contribution in [3.8, 4) is 11.8 Å². The second-order valence-electron chi connectivity index (χ2n) is 5.64. The van der Waals surface area contributed by atoms with E-state index in [9.17, 15) is 15.2 Å². The zero-order valence-electron chi connectivity index (χ0n) is 13.4. The molecule has 5 nitrogen and oxygen atoms in total. The highest BCUT2D eigenvalue weighted by molar-refractivity contribution is 5.88. The number of nitriles is 1. The fraction of sp³-hybridized carbons (Fsp3) is 0.100. The summed E-state index contributed by atoms with van der Waals surface area (Å²) >= 11 is 0. The van der Waals surface area contributed by atoms with Crippen LogP contribution in [0, 0.1) is 11.3 Å². The highest BCUT2D eigenvalue weighted by Crippen LogP contribution is 2.31. The normalized spacial score (nSPS) is 11.6. The van der Waals surface area contributed by atoms with Crippen molar-refractivity contribution in [3.05, 3.63) is 77.9 Å². The van der Waals surface area contributed by atoms with Gasteiger partial charge in [0.25, 0.3) is 0 Å². The van der Waals surface area contributed by atoms with Gasteiger partial charge >= 0.3 is 0 Å². The first-order chi connectivity index (χ1) is 12.2. The maximum absolute atomic E-state index is 12.1. The molecule has 0 heterocycles. The number of phenols is 1. The molecule has 0 spiro atoms. The van der Waals surface area contributed by atoms with Crippen LogP contribution in [0.15, 0.2) is 66.7 Å². The highest BCUT2D eigenvalue weighted by Gasteiger charge is 2.18. The van der Waals surface area contributed by atoms with Crippen LogP contribution in [0.2, 0.25) is 0 Å². The molecule has 0 unspecified atom stereocenters. The van der Waals surface area contributed by atoms with Crippen LogP contribution in [-0.4, -0.2) is 11.0 Å². The number of hydrogen-bond donors (Lipinski definition) is 3. The molecule has 25 heavy (non-hydrogen) atoms. The molecule has 0 saturated carbocycles. The van der Waals surface area contributed by atoms with E-state index in [-0.39, 0.29) is 18.1 Å². The lowest BCUT2D eigenvalue weighted by Gasteiger charge is -2.16. The number of benzene rings is 3. The number of hydrazine groups is 1. The largest absolute Gasteiger partial charge is 0.508 e. The number of fused-ring (bicyclic) bond motifs is 1. The molecule has 0 aliphatic rings. The van der Waals surface area contributed by atoms with Gasteiger partial charge in [-0.1, -0.05) is 60.7 Å². The number of aromatic hydroxyl groups is 1. The van der Waals surface area contributed by atoms with Gasteiger partial charge in [0.05, 0.1) is 12.5 Å². The average molecular weight is 331 g/mol. The molecule has 0 bridgehead atoms. The monoisotopic (exact) mass is 331 g/mol. The van der Waals surface area contributed by atoms with E-state index in [0.29, 0.717) is 5.56 Å². The van der Waals surface area contributed by atoms with E-state index in [0.717, 1.165) is 16.3 Å². The lowest BCUT2D eigenvalue weighted by atomic mass is 9.98. The summed E-state index contributed by atoms with van der Waals surface area (Å²) in [6.45, 7) is 0. The second-order valence-corrected chi connectivity index (χ2v) is 5.64. The molecule has 3 N–H and O–H groups in total. The van der Waals surface area contributed by atoms with Crippen LogP contribution in [0.25, 0.3) is 10.8 Å². The van der Waals surface area contributed by atoms with Crippen molar-refractivity contribution < 1.29 is 9.90 Å². The summed E-state index contributed by atoms with van der Waals surface area (Å²) < 4.78 is 0. The molecule has 0 fully saturated rings. The zero-order chi connectivity index (χ0) is 17.6. The van der Waals surface area contributed by atoms with Crippen molar-refractivity contribution in [2.45, 2.75) is 12.5 Å². The predicted octanol–water partition coefficient (Wildman–Crippen LogP) is 2.97. The van der Waals surface area contributed by atoms with Gasteiger partial charge in [-0.05, 0) is 22.4 Å². The Morgan fingerprint density at radius 1 is 1.04 bits per heavy atom. The average Bonchev–Trinajstić information content (AvgIpc) is 2.64. The summed E-state index contributed by atoms with van der Waals surface area (Å²) in [5, 5.41) is 21.4.